The number of pyridine rings is 1. The zero-order valence-electron chi connectivity index (χ0n) is 17.6. The summed E-state index contributed by atoms with van der Waals surface area (Å²) >= 11 is 0. The Kier molecular flexibility index (Phi) is 5.29. The fourth-order valence-electron chi connectivity index (χ4n) is 4.62. The number of benzene rings is 1. The third-order valence-corrected chi connectivity index (χ3v) is 6.22. The predicted octanol–water partition coefficient (Wildman–Crippen LogP) is 1.35. The van der Waals surface area contributed by atoms with Gasteiger partial charge in [-0.05, 0) is 31.2 Å². The number of nitrogens with zero attached hydrogens (tertiary/aromatic N) is 2. The van der Waals surface area contributed by atoms with Crippen molar-refractivity contribution in [2.75, 3.05) is 39.4 Å². The number of ether oxygens (including phenoxy) is 1. The number of hydrogen-bond donors (Lipinski definition) is 1. The van der Waals surface area contributed by atoms with E-state index in [1.165, 1.54) is 4.90 Å². The van der Waals surface area contributed by atoms with E-state index in [2.05, 4.69) is 4.98 Å². The Hall–Kier alpha value is -3.03. The molecule has 1 saturated heterocycles. The molecule has 2 aromatic heterocycles. The summed E-state index contributed by atoms with van der Waals surface area (Å²) in [5.41, 5.74) is 2.37. The van der Waals surface area contributed by atoms with Crippen LogP contribution in [0.3, 0.4) is 0 Å². The molecular weight excluding hydrogens is 394 g/mol. The lowest BCUT2D eigenvalue weighted by Gasteiger charge is -2.27. The number of rotatable bonds is 5. The smallest absolute Gasteiger partial charge is 0.290 e. The molecule has 4 heterocycles. The van der Waals surface area contributed by atoms with Crippen molar-refractivity contribution in [1.29, 1.82) is 0 Å². The maximum atomic E-state index is 13.5. The van der Waals surface area contributed by atoms with Gasteiger partial charge in [-0.1, -0.05) is 17.7 Å². The van der Waals surface area contributed by atoms with Gasteiger partial charge in [-0.3, -0.25) is 14.6 Å². The molecule has 0 bridgehead atoms. The Balaban J connectivity index is 1.52. The molecule has 1 aromatic carbocycles. The molecule has 0 aliphatic carbocycles. The zero-order chi connectivity index (χ0) is 21.4. The summed E-state index contributed by atoms with van der Waals surface area (Å²) in [5, 5.41) is 0.507. The third kappa shape index (κ3) is 3.64. The van der Waals surface area contributed by atoms with Crippen LogP contribution in [0.4, 0.5) is 0 Å². The van der Waals surface area contributed by atoms with Gasteiger partial charge in [0.15, 0.2) is 5.43 Å². The highest BCUT2D eigenvalue weighted by Gasteiger charge is 2.43. The van der Waals surface area contributed by atoms with Crippen molar-refractivity contribution >= 4 is 16.9 Å². The summed E-state index contributed by atoms with van der Waals surface area (Å²) in [6, 6.07) is 10.5. The number of amides is 1. The van der Waals surface area contributed by atoms with Crippen LogP contribution >= 0.6 is 0 Å². The van der Waals surface area contributed by atoms with Crippen LogP contribution < -0.4 is 10.3 Å². The van der Waals surface area contributed by atoms with E-state index in [0.29, 0.717) is 28.8 Å². The van der Waals surface area contributed by atoms with Gasteiger partial charge < -0.3 is 19.0 Å². The number of carbonyl (C=O) groups excluding carboxylic acids is 1. The lowest BCUT2D eigenvalue weighted by atomic mass is 10.0. The summed E-state index contributed by atoms with van der Waals surface area (Å²) in [6.45, 7) is 6.98. The Bertz CT molecular complexity index is 1170. The first kappa shape index (κ1) is 19.9. The lowest BCUT2D eigenvalue weighted by Crippen LogP contribution is -3.14. The maximum absolute atomic E-state index is 13.5. The van der Waals surface area contributed by atoms with Crippen LogP contribution in [0.5, 0.6) is 0 Å². The van der Waals surface area contributed by atoms with Crippen LogP contribution in [0.2, 0.25) is 0 Å². The number of aryl methyl sites for hydroxylation is 1. The van der Waals surface area contributed by atoms with E-state index in [9.17, 15) is 9.59 Å². The second kappa shape index (κ2) is 8.24. The van der Waals surface area contributed by atoms with Crippen molar-refractivity contribution in [3.63, 3.8) is 0 Å². The minimum Gasteiger partial charge on any atom is -0.450 e. The lowest BCUT2D eigenvalue weighted by molar-refractivity contribution is -0.908. The first-order chi connectivity index (χ1) is 15.1. The molecule has 7 heteroatoms. The fraction of sp³-hybridized carbons (Fsp3) is 0.375. The molecule has 0 unspecified atom stereocenters. The van der Waals surface area contributed by atoms with Crippen LogP contribution in [0.25, 0.3) is 11.0 Å². The largest absolute Gasteiger partial charge is 0.450 e. The number of fused-ring (bicyclic) bond motifs is 2. The molecule has 1 amide bonds. The maximum Gasteiger partial charge on any atom is 0.290 e. The minimum atomic E-state index is -0.524. The van der Waals surface area contributed by atoms with Gasteiger partial charge in [-0.15, -0.1) is 0 Å². The number of nitrogens with one attached hydrogen (secondary N) is 1. The Morgan fingerprint density at radius 1 is 1.16 bits per heavy atom. The molecule has 31 heavy (non-hydrogen) atoms. The van der Waals surface area contributed by atoms with Gasteiger partial charge in [0.25, 0.3) is 5.91 Å². The van der Waals surface area contributed by atoms with Crippen LogP contribution in [0, 0.1) is 6.92 Å². The summed E-state index contributed by atoms with van der Waals surface area (Å²) in [5.74, 6) is -0.0852. The van der Waals surface area contributed by atoms with E-state index in [1.807, 2.05) is 37.3 Å². The van der Waals surface area contributed by atoms with Crippen molar-refractivity contribution in [2.24, 2.45) is 0 Å². The summed E-state index contributed by atoms with van der Waals surface area (Å²) in [7, 11) is 0. The normalized spacial score (nSPS) is 19.2. The number of aromatic nitrogens is 1. The monoisotopic (exact) mass is 420 g/mol. The van der Waals surface area contributed by atoms with E-state index in [1.54, 1.807) is 17.2 Å². The first-order valence-electron chi connectivity index (χ1n) is 10.8. The van der Waals surface area contributed by atoms with Crippen molar-refractivity contribution in [1.82, 2.24) is 9.88 Å². The minimum absolute atomic E-state index is 0.148. The van der Waals surface area contributed by atoms with Crippen molar-refractivity contribution in [3.8, 4) is 0 Å². The SMILES string of the molecule is Cc1ccc2oc3c(c(=O)c2c1)[C@H](c1ccccn1)N(CCC[NH+]1CCOCC1)C3=O. The standard InChI is InChI=1S/C24H25N3O4/c1-16-6-7-19-17(15-16)22(28)20-21(18-5-2-3-8-25-18)27(24(29)23(20)31-19)10-4-9-26-11-13-30-14-12-26/h2-3,5-8,15,21H,4,9-14H2,1H3/p+1/t21-/m0/s1. The van der Waals surface area contributed by atoms with Crippen LogP contribution in [-0.4, -0.2) is 55.2 Å². The molecule has 5 rings (SSSR count). The molecular formula is C24H26N3O4+. The molecule has 160 valence electrons. The van der Waals surface area contributed by atoms with Gasteiger partial charge in [0, 0.05) is 19.2 Å². The predicted molar refractivity (Wildman–Crippen MR) is 115 cm³/mol. The molecule has 2 aliphatic heterocycles. The highest BCUT2D eigenvalue weighted by Crippen LogP contribution is 2.37. The summed E-state index contributed by atoms with van der Waals surface area (Å²) < 4.78 is 11.4. The van der Waals surface area contributed by atoms with Gasteiger partial charge in [-0.25, -0.2) is 0 Å². The molecule has 2 aliphatic rings. The first-order valence-corrected chi connectivity index (χ1v) is 10.8. The number of carbonyl (C=O) groups is 1. The van der Waals surface area contributed by atoms with Crippen molar-refractivity contribution in [2.45, 2.75) is 19.4 Å². The molecule has 0 radical (unpaired) electrons. The second-order valence-electron chi connectivity index (χ2n) is 8.30. The molecule has 1 fully saturated rings. The van der Waals surface area contributed by atoms with E-state index in [-0.39, 0.29) is 17.1 Å². The summed E-state index contributed by atoms with van der Waals surface area (Å²) in [6.07, 6.45) is 2.53. The zero-order valence-corrected chi connectivity index (χ0v) is 17.6. The number of morpholine rings is 1. The van der Waals surface area contributed by atoms with Crippen molar-refractivity contribution in [3.05, 3.63) is 75.4 Å². The Labute approximate surface area is 180 Å². The van der Waals surface area contributed by atoms with Gasteiger partial charge in [0.1, 0.15) is 24.7 Å². The molecule has 0 spiro atoms. The molecule has 1 atom stereocenters. The van der Waals surface area contributed by atoms with Crippen LogP contribution in [-0.2, 0) is 4.74 Å². The van der Waals surface area contributed by atoms with Gasteiger partial charge in [-0.2, -0.15) is 0 Å². The van der Waals surface area contributed by atoms with Crippen molar-refractivity contribution < 1.29 is 18.8 Å². The quantitative estimate of drug-likeness (QED) is 0.674. The van der Waals surface area contributed by atoms with Gasteiger partial charge >= 0.3 is 0 Å². The molecule has 7 nitrogen and oxygen atoms in total. The number of quaternary nitrogens is 1. The summed E-state index contributed by atoms with van der Waals surface area (Å²) in [4.78, 5) is 34.6. The van der Waals surface area contributed by atoms with Crippen LogP contribution in [0.15, 0.2) is 51.8 Å². The molecule has 1 N–H and O–H groups in total. The topological polar surface area (TPSA) is 77.1 Å². The van der Waals surface area contributed by atoms with Crippen LogP contribution in [0.1, 0.15) is 39.8 Å². The van der Waals surface area contributed by atoms with E-state index >= 15 is 0 Å². The fourth-order valence-corrected chi connectivity index (χ4v) is 4.62. The Morgan fingerprint density at radius 2 is 2.00 bits per heavy atom. The Morgan fingerprint density at radius 3 is 2.77 bits per heavy atom. The van der Waals surface area contributed by atoms with E-state index in [4.69, 9.17) is 9.15 Å². The highest BCUT2D eigenvalue weighted by molar-refractivity contribution is 5.99. The third-order valence-electron chi connectivity index (χ3n) is 6.22. The van der Waals surface area contributed by atoms with E-state index in [0.717, 1.165) is 44.8 Å². The van der Waals surface area contributed by atoms with E-state index < -0.39 is 6.04 Å². The highest BCUT2D eigenvalue weighted by atomic mass is 16.5. The molecule has 3 aromatic rings. The average Bonchev–Trinajstić information content (AvgIpc) is 3.08. The second-order valence-corrected chi connectivity index (χ2v) is 8.30. The average molecular weight is 420 g/mol. The number of hydrogen-bond acceptors (Lipinski definition) is 5. The van der Waals surface area contributed by atoms with Gasteiger partial charge in [0.05, 0.1) is 36.4 Å². The molecule has 0 saturated carbocycles. The van der Waals surface area contributed by atoms with Gasteiger partial charge in [0.2, 0.25) is 5.76 Å².